The van der Waals surface area contributed by atoms with Gasteiger partial charge in [0.1, 0.15) is 0 Å². The Balaban J connectivity index is 1.40. The van der Waals surface area contributed by atoms with Crippen molar-refractivity contribution in [2.24, 2.45) is 0 Å². The molecule has 2 amide bonds. The predicted octanol–water partition coefficient (Wildman–Crippen LogP) is 4.79. The molecule has 32 heavy (non-hydrogen) atoms. The predicted molar refractivity (Wildman–Crippen MR) is 124 cm³/mol. The van der Waals surface area contributed by atoms with E-state index in [-0.39, 0.29) is 11.8 Å². The van der Waals surface area contributed by atoms with Crippen molar-refractivity contribution < 1.29 is 14.1 Å². The minimum atomic E-state index is -0.247. The SMILES string of the molecule is CC(=O)NCc1ccc(-c2nc(NC(=O)c3cc(C4CC4)nc4onc(C)c34)sc2C)s1. The molecule has 0 spiro atoms. The fraction of sp³-hybridized carbons (Fsp3) is 0.318. The third-order valence-corrected chi connectivity index (χ3v) is 7.28. The van der Waals surface area contributed by atoms with Gasteiger partial charge in [0.2, 0.25) is 5.91 Å². The van der Waals surface area contributed by atoms with Crippen molar-refractivity contribution in [3.05, 3.63) is 44.9 Å². The Morgan fingerprint density at radius 3 is 2.75 bits per heavy atom. The van der Waals surface area contributed by atoms with Crippen molar-refractivity contribution in [1.29, 1.82) is 0 Å². The molecule has 0 aliphatic heterocycles. The number of thiophene rings is 1. The average molecular weight is 468 g/mol. The number of carbonyl (C=O) groups is 2. The lowest BCUT2D eigenvalue weighted by Crippen LogP contribution is -2.17. The first-order valence-corrected chi connectivity index (χ1v) is 11.9. The maximum atomic E-state index is 13.2. The van der Waals surface area contributed by atoms with E-state index in [0.29, 0.717) is 40.0 Å². The molecule has 0 saturated heterocycles. The Morgan fingerprint density at radius 2 is 2.00 bits per heavy atom. The van der Waals surface area contributed by atoms with Crippen molar-refractivity contribution in [1.82, 2.24) is 20.4 Å². The summed E-state index contributed by atoms with van der Waals surface area (Å²) in [7, 11) is 0. The van der Waals surface area contributed by atoms with Gasteiger partial charge in [0.25, 0.3) is 11.6 Å². The second-order valence-corrected chi connectivity index (χ2v) is 10.2. The number of thiazole rings is 1. The number of nitrogens with one attached hydrogen (secondary N) is 2. The zero-order valence-electron chi connectivity index (χ0n) is 17.8. The van der Waals surface area contributed by atoms with E-state index >= 15 is 0 Å². The lowest BCUT2D eigenvalue weighted by atomic mass is 10.1. The number of rotatable bonds is 6. The third-order valence-electron chi connectivity index (χ3n) is 5.30. The topological polar surface area (TPSA) is 110 Å². The number of hydrogen-bond acceptors (Lipinski definition) is 8. The van der Waals surface area contributed by atoms with Crippen molar-refractivity contribution in [3.63, 3.8) is 0 Å². The van der Waals surface area contributed by atoms with Crippen LogP contribution < -0.4 is 10.6 Å². The monoisotopic (exact) mass is 467 g/mol. The van der Waals surface area contributed by atoms with Crippen LogP contribution in [-0.2, 0) is 11.3 Å². The molecule has 5 rings (SSSR count). The van der Waals surface area contributed by atoms with Crippen LogP contribution in [0.3, 0.4) is 0 Å². The molecule has 10 heteroatoms. The highest BCUT2D eigenvalue weighted by Crippen LogP contribution is 2.41. The first-order chi connectivity index (χ1) is 15.4. The molecule has 0 unspecified atom stereocenters. The molecular weight excluding hydrogens is 446 g/mol. The maximum absolute atomic E-state index is 13.2. The van der Waals surface area contributed by atoms with Crippen LogP contribution in [0, 0.1) is 13.8 Å². The van der Waals surface area contributed by atoms with Gasteiger partial charge in [-0.05, 0) is 44.9 Å². The highest BCUT2D eigenvalue weighted by Gasteiger charge is 2.29. The zero-order valence-corrected chi connectivity index (χ0v) is 19.4. The molecule has 0 bridgehead atoms. The van der Waals surface area contributed by atoms with Gasteiger partial charge in [0.05, 0.1) is 33.8 Å². The Hall–Kier alpha value is -3.11. The van der Waals surface area contributed by atoms with E-state index in [2.05, 4.69) is 25.8 Å². The molecule has 1 aliphatic carbocycles. The van der Waals surface area contributed by atoms with Gasteiger partial charge >= 0.3 is 0 Å². The largest absolute Gasteiger partial charge is 0.351 e. The van der Waals surface area contributed by atoms with Crippen LogP contribution in [0.25, 0.3) is 21.7 Å². The number of hydrogen-bond donors (Lipinski definition) is 2. The first-order valence-electron chi connectivity index (χ1n) is 10.3. The standard InChI is InChI=1S/C22H21N5O3S2/c1-10-18-15(8-16(13-4-5-13)24-21(18)30-27-10)20(29)26-22-25-19(11(2)31-22)17-7-6-14(32-17)9-23-12(3)28/h6-8,13H,4-5,9H2,1-3H3,(H,23,28)(H,25,26,29). The van der Waals surface area contributed by atoms with E-state index in [4.69, 9.17) is 4.52 Å². The Bertz CT molecular complexity index is 1350. The van der Waals surface area contributed by atoms with E-state index in [0.717, 1.165) is 38.9 Å². The number of nitrogens with zero attached hydrogens (tertiary/aromatic N) is 3. The van der Waals surface area contributed by atoms with Crippen LogP contribution in [0.4, 0.5) is 5.13 Å². The first kappa shape index (κ1) is 20.8. The minimum Gasteiger partial charge on any atom is -0.351 e. The second kappa shape index (κ2) is 8.10. The van der Waals surface area contributed by atoms with Gasteiger partial charge < -0.3 is 9.84 Å². The van der Waals surface area contributed by atoms with Crippen molar-refractivity contribution >= 4 is 50.7 Å². The summed E-state index contributed by atoms with van der Waals surface area (Å²) in [6, 6.07) is 5.83. The number of pyridine rings is 1. The minimum absolute atomic E-state index is 0.0621. The third kappa shape index (κ3) is 4.03. The van der Waals surface area contributed by atoms with E-state index in [9.17, 15) is 9.59 Å². The lowest BCUT2D eigenvalue weighted by molar-refractivity contribution is -0.119. The maximum Gasteiger partial charge on any atom is 0.259 e. The zero-order chi connectivity index (χ0) is 22.4. The molecule has 4 aromatic heterocycles. The summed E-state index contributed by atoms with van der Waals surface area (Å²) < 4.78 is 5.35. The van der Waals surface area contributed by atoms with E-state index in [1.807, 2.05) is 32.0 Å². The normalized spacial score (nSPS) is 13.5. The molecule has 164 valence electrons. The Morgan fingerprint density at radius 1 is 1.19 bits per heavy atom. The van der Waals surface area contributed by atoms with Crippen LogP contribution in [0.15, 0.2) is 22.7 Å². The second-order valence-electron chi connectivity index (χ2n) is 7.87. The highest BCUT2D eigenvalue weighted by atomic mass is 32.1. The molecule has 4 aromatic rings. The van der Waals surface area contributed by atoms with Crippen LogP contribution in [-0.4, -0.2) is 26.9 Å². The summed E-state index contributed by atoms with van der Waals surface area (Å²) >= 11 is 3.01. The molecule has 1 saturated carbocycles. The van der Waals surface area contributed by atoms with E-state index in [1.54, 1.807) is 11.3 Å². The van der Waals surface area contributed by atoms with Gasteiger partial charge in [-0.15, -0.1) is 22.7 Å². The van der Waals surface area contributed by atoms with Crippen molar-refractivity contribution in [2.45, 2.75) is 46.1 Å². The fourth-order valence-electron chi connectivity index (χ4n) is 3.54. The summed E-state index contributed by atoms with van der Waals surface area (Å²) in [6.45, 7) is 5.78. The number of amides is 2. The quantitative estimate of drug-likeness (QED) is 0.422. The van der Waals surface area contributed by atoms with E-state index in [1.165, 1.54) is 18.3 Å². The molecule has 0 atom stereocenters. The number of anilines is 1. The van der Waals surface area contributed by atoms with Crippen LogP contribution >= 0.6 is 22.7 Å². The van der Waals surface area contributed by atoms with Gasteiger partial charge in [-0.3, -0.25) is 14.9 Å². The van der Waals surface area contributed by atoms with E-state index < -0.39 is 0 Å². The summed E-state index contributed by atoms with van der Waals surface area (Å²) in [5.74, 6) is 0.0759. The lowest BCUT2D eigenvalue weighted by Gasteiger charge is -2.05. The van der Waals surface area contributed by atoms with Crippen LogP contribution in [0.1, 0.15) is 57.2 Å². The Labute approximate surface area is 192 Å². The van der Waals surface area contributed by atoms with Crippen molar-refractivity contribution in [2.75, 3.05) is 5.32 Å². The number of aromatic nitrogens is 3. The summed E-state index contributed by atoms with van der Waals surface area (Å²) in [6.07, 6.45) is 2.15. The highest BCUT2D eigenvalue weighted by molar-refractivity contribution is 7.18. The van der Waals surface area contributed by atoms with Gasteiger partial charge in [0.15, 0.2) is 5.13 Å². The molecule has 2 N–H and O–H groups in total. The van der Waals surface area contributed by atoms with Crippen LogP contribution in [0.2, 0.25) is 0 Å². The average Bonchev–Trinajstić information content (AvgIpc) is 3.23. The molecule has 1 aliphatic rings. The summed E-state index contributed by atoms with van der Waals surface area (Å²) in [5, 5.41) is 10.9. The number of fused-ring (bicyclic) bond motifs is 1. The molecular formula is C22H21N5O3S2. The molecule has 8 nitrogen and oxygen atoms in total. The van der Waals surface area contributed by atoms with Crippen LogP contribution in [0.5, 0.6) is 0 Å². The van der Waals surface area contributed by atoms with Gasteiger partial charge in [-0.1, -0.05) is 5.16 Å². The van der Waals surface area contributed by atoms with Gasteiger partial charge in [0, 0.05) is 28.3 Å². The summed E-state index contributed by atoms with van der Waals surface area (Å²) in [5.41, 5.74) is 3.27. The molecule has 0 radical (unpaired) electrons. The molecule has 4 heterocycles. The van der Waals surface area contributed by atoms with Crippen molar-refractivity contribution in [3.8, 4) is 10.6 Å². The Kier molecular flexibility index (Phi) is 5.26. The van der Waals surface area contributed by atoms with Gasteiger partial charge in [-0.2, -0.15) is 0 Å². The van der Waals surface area contributed by atoms with Gasteiger partial charge in [-0.25, -0.2) is 9.97 Å². The fourth-order valence-corrected chi connectivity index (χ4v) is 5.42. The molecule has 0 aromatic carbocycles. The number of carbonyl (C=O) groups excluding carboxylic acids is 2. The number of aryl methyl sites for hydroxylation is 2. The smallest absolute Gasteiger partial charge is 0.259 e. The summed E-state index contributed by atoms with van der Waals surface area (Å²) in [4.78, 5) is 36.6. The molecule has 1 fully saturated rings.